The molecule has 0 aromatic heterocycles. The second-order valence-electron chi connectivity index (χ2n) is 4.59. The summed E-state index contributed by atoms with van der Waals surface area (Å²) in [6.45, 7) is 12.0. The van der Waals surface area contributed by atoms with Crippen LogP contribution in [0, 0.1) is 5.41 Å². The van der Waals surface area contributed by atoms with Gasteiger partial charge in [0.05, 0.1) is 6.10 Å². The summed E-state index contributed by atoms with van der Waals surface area (Å²) in [4.78, 5) is 0. The molecule has 0 aliphatic heterocycles. The molecular formula is C11H24O. The van der Waals surface area contributed by atoms with Gasteiger partial charge in [0, 0.05) is 6.61 Å². The minimum atomic E-state index is 0.284. The maximum Gasteiger partial charge on any atom is 0.0595 e. The quantitative estimate of drug-likeness (QED) is 0.575. The van der Waals surface area contributed by atoms with Gasteiger partial charge < -0.3 is 4.74 Å². The lowest BCUT2D eigenvalue weighted by molar-refractivity contribution is -0.00630. The molecule has 0 radical (unpaired) electrons. The Balaban J connectivity index is 3.38. The van der Waals surface area contributed by atoms with Crippen LogP contribution in [0.2, 0.25) is 0 Å². The SMILES string of the molecule is CCCCCOC(C)C(C)(C)C. The van der Waals surface area contributed by atoms with Gasteiger partial charge in [-0.1, -0.05) is 40.5 Å². The zero-order chi connectivity index (χ0) is 9.61. The lowest BCUT2D eigenvalue weighted by Gasteiger charge is -2.27. The molecule has 0 spiro atoms. The van der Waals surface area contributed by atoms with Crippen molar-refractivity contribution in [1.82, 2.24) is 0 Å². The molecule has 0 aromatic carbocycles. The number of ether oxygens (including phenoxy) is 1. The summed E-state index contributed by atoms with van der Waals surface area (Å²) in [6, 6.07) is 0. The average molecular weight is 172 g/mol. The van der Waals surface area contributed by atoms with E-state index in [1.54, 1.807) is 0 Å². The van der Waals surface area contributed by atoms with Crippen LogP contribution in [0.5, 0.6) is 0 Å². The van der Waals surface area contributed by atoms with Gasteiger partial charge in [0.2, 0.25) is 0 Å². The normalized spacial score (nSPS) is 14.8. The molecule has 1 nitrogen and oxygen atoms in total. The second kappa shape index (κ2) is 5.58. The zero-order valence-corrected chi connectivity index (χ0v) is 9.31. The summed E-state index contributed by atoms with van der Waals surface area (Å²) in [5.74, 6) is 0. The Morgan fingerprint density at radius 3 is 2.17 bits per heavy atom. The van der Waals surface area contributed by atoms with E-state index in [1.807, 2.05) is 0 Å². The second-order valence-corrected chi connectivity index (χ2v) is 4.59. The van der Waals surface area contributed by atoms with Crippen LogP contribution in [0.15, 0.2) is 0 Å². The van der Waals surface area contributed by atoms with E-state index in [2.05, 4.69) is 34.6 Å². The minimum Gasteiger partial charge on any atom is -0.378 e. The van der Waals surface area contributed by atoms with Crippen LogP contribution in [0.1, 0.15) is 53.9 Å². The van der Waals surface area contributed by atoms with E-state index < -0.39 is 0 Å². The maximum atomic E-state index is 5.71. The van der Waals surface area contributed by atoms with Crippen molar-refractivity contribution in [1.29, 1.82) is 0 Å². The summed E-state index contributed by atoms with van der Waals surface area (Å²) in [5, 5.41) is 0. The van der Waals surface area contributed by atoms with Crippen molar-refractivity contribution in [2.24, 2.45) is 5.41 Å². The summed E-state index contributed by atoms with van der Waals surface area (Å²) >= 11 is 0. The topological polar surface area (TPSA) is 9.23 Å². The van der Waals surface area contributed by atoms with Crippen molar-refractivity contribution < 1.29 is 4.74 Å². The first-order chi connectivity index (χ1) is 5.48. The van der Waals surface area contributed by atoms with Gasteiger partial charge in [-0.05, 0) is 18.8 Å². The van der Waals surface area contributed by atoms with E-state index in [0.29, 0.717) is 6.10 Å². The molecule has 0 N–H and O–H groups in total. The number of hydrogen-bond donors (Lipinski definition) is 0. The van der Waals surface area contributed by atoms with Crippen molar-refractivity contribution in [3.05, 3.63) is 0 Å². The molecule has 0 aliphatic rings. The maximum absolute atomic E-state index is 5.71. The van der Waals surface area contributed by atoms with Gasteiger partial charge in [0.25, 0.3) is 0 Å². The predicted octanol–water partition coefficient (Wildman–Crippen LogP) is 3.63. The zero-order valence-electron chi connectivity index (χ0n) is 9.31. The first-order valence-electron chi connectivity index (χ1n) is 5.10. The van der Waals surface area contributed by atoms with Gasteiger partial charge in [-0.25, -0.2) is 0 Å². The number of hydrogen-bond acceptors (Lipinski definition) is 1. The van der Waals surface area contributed by atoms with Crippen LogP contribution in [-0.4, -0.2) is 12.7 Å². The van der Waals surface area contributed by atoms with Crippen LogP contribution in [0.3, 0.4) is 0 Å². The van der Waals surface area contributed by atoms with Crippen molar-refractivity contribution in [3.63, 3.8) is 0 Å². The van der Waals surface area contributed by atoms with E-state index in [1.165, 1.54) is 19.3 Å². The molecule has 0 saturated heterocycles. The van der Waals surface area contributed by atoms with Crippen LogP contribution >= 0.6 is 0 Å². The Kier molecular flexibility index (Phi) is 5.56. The van der Waals surface area contributed by atoms with Gasteiger partial charge in [-0.15, -0.1) is 0 Å². The molecular weight excluding hydrogens is 148 g/mol. The molecule has 74 valence electrons. The first-order valence-corrected chi connectivity index (χ1v) is 5.10. The molecule has 0 saturated carbocycles. The van der Waals surface area contributed by atoms with Crippen molar-refractivity contribution in [2.45, 2.75) is 60.0 Å². The van der Waals surface area contributed by atoms with Crippen LogP contribution < -0.4 is 0 Å². The molecule has 0 heterocycles. The standard InChI is InChI=1S/C11H24O/c1-6-7-8-9-12-10(2)11(3,4)5/h10H,6-9H2,1-5H3. The van der Waals surface area contributed by atoms with Crippen molar-refractivity contribution in [2.75, 3.05) is 6.61 Å². The monoisotopic (exact) mass is 172 g/mol. The number of rotatable bonds is 5. The van der Waals surface area contributed by atoms with Gasteiger partial charge in [-0.2, -0.15) is 0 Å². The van der Waals surface area contributed by atoms with Crippen molar-refractivity contribution in [3.8, 4) is 0 Å². The molecule has 0 aromatic rings. The minimum absolute atomic E-state index is 0.284. The molecule has 0 rings (SSSR count). The Hall–Kier alpha value is -0.0400. The largest absolute Gasteiger partial charge is 0.378 e. The molecule has 1 heteroatoms. The molecule has 1 atom stereocenters. The third-order valence-corrected chi connectivity index (χ3v) is 2.34. The third kappa shape index (κ3) is 5.59. The highest BCUT2D eigenvalue weighted by Crippen LogP contribution is 2.21. The Morgan fingerprint density at radius 2 is 1.75 bits per heavy atom. The highest BCUT2D eigenvalue weighted by Gasteiger charge is 2.19. The molecule has 0 bridgehead atoms. The predicted molar refractivity (Wildman–Crippen MR) is 54.4 cm³/mol. The van der Waals surface area contributed by atoms with E-state index in [4.69, 9.17) is 4.74 Å². The van der Waals surface area contributed by atoms with Crippen LogP contribution in [-0.2, 0) is 4.74 Å². The third-order valence-electron chi connectivity index (χ3n) is 2.34. The molecule has 0 aliphatic carbocycles. The van der Waals surface area contributed by atoms with E-state index >= 15 is 0 Å². The van der Waals surface area contributed by atoms with Gasteiger partial charge in [0.15, 0.2) is 0 Å². The first kappa shape index (κ1) is 12.0. The van der Waals surface area contributed by atoms with Gasteiger partial charge in [0.1, 0.15) is 0 Å². The van der Waals surface area contributed by atoms with Crippen LogP contribution in [0.4, 0.5) is 0 Å². The summed E-state index contributed by atoms with van der Waals surface area (Å²) in [7, 11) is 0. The van der Waals surface area contributed by atoms with Gasteiger partial charge >= 0.3 is 0 Å². The Bertz CT molecular complexity index is 102. The fraction of sp³-hybridized carbons (Fsp3) is 1.00. The van der Waals surface area contributed by atoms with Crippen LogP contribution in [0.25, 0.3) is 0 Å². The van der Waals surface area contributed by atoms with Gasteiger partial charge in [-0.3, -0.25) is 0 Å². The Morgan fingerprint density at radius 1 is 1.17 bits per heavy atom. The number of unbranched alkanes of at least 4 members (excludes halogenated alkanes) is 2. The average Bonchev–Trinajstić information content (AvgIpc) is 1.96. The van der Waals surface area contributed by atoms with E-state index in [9.17, 15) is 0 Å². The highest BCUT2D eigenvalue weighted by atomic mass is 16.5. The fourth-order valence-corrected chi connectivity index (χ4v) is 0.862. The molecule has 0 fully saturated rings. The smallest absolute Gasteiger partial charge is 0.0595 e. The van der Waals surface area contributed by atoms with Crippen molar-refractivity contribution >= 4 is 0 Å². The highest BCUT2D eigenvalue weighted by molar-refractivity contribution is 4.69. The summed E-state index contributed by atoms with van der Waals surface area (Å²) in [6.07, 6.45) is 4.13. The Labute approximate surface area is 77.5 Å². The van der Waals surface area contributed by atoms with E-state index in [-0.39, 0.29) is 5.41 Å². The molecule has 0 amide bonds. The lowest BCUT2D eigenvalue weighted by atomic mass is 9.90. The fourth-order valence-electron chi connectivity index (χ4n) is 0.862. The summed E-state index contributed by atoms with van der Waals surface area (Å²) < 4.78 is 5.71. The van der Waals surface area contributed by atoms with E-state index in [0.717, 1.165) is 6.61 Å². The lowest BCUT2D eigenvalue weighted by Crippen LogP contribution is -2.26. The summed E-state index contributed by atoms with van der Waals surface area (Å²) in [5.41, 5.74) is 0.284. The molecule has 1 unspecified atom stereocenters. The molecule has 12 heavy (non-hydrogen) atoms.